The number of esters is 4. The van der Waals surface area contributed by atoms with Gasteiger partial charge >= 0.3 is 30.0 Å². The van der Waals surface area contributed by atoms with Crippen LogP contribution in [0.4, 0.5) is 0 Å². The summed E-state index contributed by atoms with van der Waals surface area (Å²) in [5.74, 6) is -0.517. The molecule has 1 aliphatic carbocycles. The first kappa shape index (κ1) is 46.3. The Labute approximate surface area is 323 Å². The van der Waals surface area contributed by atoms with E-state index in [0.717, 1.165) is 67.2 Å². The molecule has 1 saturated carbocycles. The first-order valence-corrected chi connectivity index (χ1v) is 18.6. The first-order valence-electron chi connectivity index (χ1n) is 18.6. The van der Waals surface area contributed by atoms with E-state index >= 15 is 0 Å². The number of hydrogen-bond acceptors (Lipinski definition) is 13. The fourth-order valence-corrected chi connectivity index (χ4v) is 5.92. The smallest absolute Gasteiger partial charge is 0.373 e. The van der Waals surface area contributed by atoms with Gasteiger partial charge in [-0.2, -0.15) is 9.59 Å². The topological polar surface area (TPSA) is 167 Å². The largest absolute Gasteiger partial charge is 0.469 e. The lowest BCUT2D eigenvalue weighted by atomic mass is 9.83. The summed E-state index contributed by atoms with van der Waals surface area (Å²) in [6.45, 7) is 18.6. The lowest BCUT2D eigenvalue weighted by Crippen LogP contribution is -2.44. The van der Waals surface area contributed by atoms with E-state index in [0.29, 0.717) is 30.6 Å². The number of carbonyl (C=O) groups excluding carboxylic acids is 6. The van der Waals surface area contributed by atoms with Gasteiger partial charge in [-0.25, -0.2) is 14.4 Å². The Morgan fingerprint density at radius 2 is 1.58 bits per heavy atom. The predicted molar refractivity (Wildman–Crippen MR) is 202 cm³/mol. The highest BCUT2D eigenvalue weighted by molar-refractivity contribution is 5.98. The van der Waals surface area contributed by atoms with E-state index in [2.05, 4.69) is 20.1 Å². The second-order valence-electron chi connectivity index (χ2n) is 14.0. The summed E-state index contributed by atoms with van der Waals surface area (Å²) >= 11 is 0. The van der Waals surface area contributed by atoms with Gasteiger partial charge in [-0.1, -0.05) is 45.2 Å². The SMILES string of the molecule is C=C(C)C(=O)OCC(=O)OC1CCC(CC(=O)OC)CC1OC(C)(C)CC.C=C(C)C(=O)Oc1ccc(CC)c2c(OC3CCCCO3)cccc12.O=C=O. The van der Waals surface area contributed by atoms with Crippen LogP contribution in [0.15, 0.2) is 54.6 Å². The van der Waals surface area contributed by atoms with Crippen molar-refractivity contribution in [1.82, 2.24) is 0 Å². The molecule has 13 heteroatoms. The first-order chi connectivity index (χ1) is 26.1. The van der Waals surface area contributed by atoms with Crippen molar-refractivity contribution in [2.75, 3.05) is 20.3 Å². The van der Waals surface area contributed by atoms with Crippen molar-refractivity contribution < 1.29 is 61.9 Å². The average molecular weight is 769 g/mol. The summed E-state index contributed by atoms with van der Waals surface area (Å²) in [5, 5.41) is 1.84. The normalized spacial score (nSPS) is 19.1. The Balaban J connectivity index is 0.000000355. The number of benzene rings is 2. The molecule has 13 nitrogen and oxygen atoms in total. The van der Waals surface area contributed by atoms with Crippen LogP contribution in [0.2, 0.25) is 0 Å². The third kappa shape index (κ3) is 15.4. The van der Waals surface area contributed by atoms with Crippen LogP contribution >= 0.6 is 0 Å². The van der Waals surface area contributed by atoms with Gasteiger partial charge in [0.05, 0.1) is 25.4 Å². The van der Waals surface area contributed by atoms with E-state index < -0.39 is 30.6 Å². The van der Waals surface area contributed by atoms with Crippen LogP contribution in [-0.4, -0.2) is 74.5 Å². The van der Waals surface area contributed by atoms with Crippen LogP contribution in [0.1, 0.15) is 98.5 Å². The molecule has 0 bridgehead atoms. The molecule has 4 atom stereocenters. The summed E-state index contributed by atoms with van der Waals surface area (Å²) in [4.78, 5) is 63.2. The Morgan fingerprint density at radius 3 is 2.16 bits per heavy atom. The van der Waals surface area contributed by atoms with E-state index in [1.54, 1.807) is 6.92 Å². The van der Waals surface area contributed by atoms with Crippen molar-refractivity contribution in [1.29, 1.82) is 0 Å². The molecular formula is C42H56O13. The third-order valence-electron chi connectivity index (χ3n) is 9.17. The van der Waals surface area contributed by atoms with Crippen molar-refractivity contribution in [3.63, 3.8) is 0 Å². The molecule has 2 aliphatic rings. The maximum Gasteiger partial charge on any atom is 0.373 e. The van der Waals surface area contributed by atoms with Crippen molar-refractivity contribution >= 4 is 40.8 Å². The number of methoxy groups -OCH3 is 1. The highest BCUT2D eigenvalue weighted by Gasteiger charge is 2.38. The predicted octanol–water partition coefficient (Wildman–Crippen LogP) is 7.16. The van der Waals surface area contributed by atoms with Crippen molar-refractivity contribution in [3.05, 3.63) is 60.2 Å². The highest BCUT2D eigenvalue weighted by atomic mass is 16.7. The molecule has 0 radical (unpaired) electrons. The quantitative estimate of drug-likeness (QED) is 0.0823. The van der Waals surface area contributed by atoms with E-state index in [-0.39, 0.29) is 41.6 Å². The molecule has 4 unspecified atom stereocenters. The molecule has 4 rings (SSSR count). The van der Waals surface area contributed by atoms with Crippen LogP contribution in [0.3, 0.4) is 0 Å². The fraction of sp³-hybridized carbons (Fsp3) is 0.548. The van der Waals surface area contributed by atoms with Crippen molar-refractivity contribution in [3.8, 4) is 11.5 Å². The van der Waals surface area contributed by atoms with Crippen LogP contribution in [0.5, 0.6) is 11.5 Å². The van der Waals surface area contributed by atoms with Gasteiger partial charge in [0, 0.05) is 34.8 Å². The van der Waals surface area contributed by atoms with Crippen LogP contribution in [0.25, 0.3) is 10.8 Å². The molecule has 1 aliphatic heterocycles. The lowest BCUT2D eigenvalue weighted by Gasteiger charge is -2.39. The molecule has 1 saturated heterocycles. The van der Waals surface area contributed by atoms with Gasteiger partial charge < -0.3 is 33.2 Å². The Hall–Kier alpha value is -4.84. The van der Waals surface area contributed by atoms with Gasteiger partial charge in [0.1, 0.15) is 17.6 Å². The second-order valence-corrected chi connectivity index (χ2v) is 14.0. The van der Waals surface area contributed by atoms with Gasteiger partial charge in [0.25, 0.3) is 0 Å². The summed E-state index contributed by atoms with van der Waals surface area (Å²) in [6, 6.07) is 9.63. The van der Waals surface area contributed by atoms with Crippen LogP contribution in [-0.2, 0) is 58.9 Å². The number of aryl methyl sites for hydroxylation is 1. The van der Waals surface area contributed by atoms with E-state index in [1.807, 2.05) is 51.1 Å². The molecule has 2 aromatic rings. The average Bonchev–Trinajstić information content (AvgIpc) is 3.15. The second kappa shape index (κ2) is 23.2. The number of hydrogen-bond donors (Lipinski definition) is 0. The minimum atomic E-state index is -0.631. The Morgan fingerprint density at radius 1 is 0.891 bits per heavy atom. The molecular weight excluding hydrogens is 712 g/mol. The summed E-state index contributed by atoms with van der Waals surface area (Å²) in [5.41, 5.74) is 1.36. The van der Waals surface area contributed by atoms with Gasteiger partial charge in [-0.3, -0.25) is 4.79 Å². The standard InChI is InChI=1S/C21H24O4.C20H32O7.CO2/c1-4-15-11-12-17(25-21(22)14(2)3)16-8-7-9-18(20(15)16)24-19-10-5-6-13-23-19;1-7-20(4,5)27-16-10-14(11-17(21)24-6)8-9-15(16)26-18(22)12-25-19(23)13(2)3;2-1-3/h7-9,11-12,19H,2,4-6,10,13H2,1,3H3;14-16H,2,7-12H2,1,3-6H3;. The highest BCUT2D eigenvalue weighted by Crippen LogP contribution is 2.37. The molecule has 55 heavy (non-hydrogen) atoms. The fourth-order valence-electron chi connectivity index (χ4n) is 5.92. The van der Waals surface area contributed by atoms with Crippen molar-refractivity contribution in [2.45, 2.75) is 123 Å². The molecule has 0 N–H and O–H groups in total. The van der Waals surface area contributed by atoms with Gasteiger partial charge in [0.15, 0.2) is 12.9 Å². The number of rotatable bonds is 14. The zero-order valence-corrected chi connectivity index (χ0v) is 33.2. The Bertz CT molecular complexity index is 1660. The van der Waals surface area contributed by atoms with E-state index in [1.165, 1.54) is 14.0 Å². The summed E-state index contributed by atoms with van der Waals surface area (Å²) in [6.07, 6.45) is 6.21. The molecule has 0 amide bonds. The minimum absolute atomic E-state index is 0.117. The van der Waals surface area contributed by atoms with Gasteiger partial charge in [-0.15, -0.1) is 0 Å². The lowest BCUT2D eigenvalue weighted by molar-refractivity contribution is -0.191. The zero-order chi connectivity index (χ0) is 41.1. The molecule has 2 fully saturated rings. The molecule has 0 spiro atoms. The minimum Gasteiger partial charge on any atom is -0.469 e. The van der Waals surface area contributed by atoms with E-state index in [4.69, 9.17) is 42.7 Å². The molecule has 302 valence electrons. The molecule has 1 heterocycles. The third-order valence-corrected chi connectivity index (χ3v) is 9.17. The van der Waals surface area contributed by atoms with E-state index in [9.17, 15) is 19.2 Å². The van der Waals surface area contributed by atoms with Crippen LogP contribution in [0, 0.1) is 5.92 Å². The summed E-state index contributed by atoms with van der Waals surface area (Å²) < 4.78 is 38.7. The summed E-state index contributed by atoms with van der Waals surface area (Å²) in [7, 11) is 1.37. The van der Waals surface area contributed by atoms with Crippen molar-refractivity contribution in [2.24, 2.45) is 5.92 Å². The molecule has 0 aromatic heterocycles. The maximum atomic E-state index is 12.1. The monoisotopic (exact) mass is 768 g/mol. The zero-order valence-electron chi connectivity index (χ0n) is 33.2. The number of carbonyl (C=O) groups is 4. The number of ether oxygens (including phenoxy) is 7. The van der Waals surface area contributed by atoms with Gasteiger partial charge in [-0.05, 0) is 96.3 Å². The molecule has 2 aromatic carbocycles. The number of fused-ring (bicyclic) bond motifs is 1. The van der Waals surface area contributed by atoms with Crippen LogP contribution < -0.4 is 9.47 Å². The van der Waals surface area contributed by atoms with Gasteiger partial charge in [0.2, 0.25) is 0 Å². The maximum absolute atomic E-state index is 12.1. The Kier molecular flexibility index (Phi) is 19.5.